The molecule has 1 N–H and O–H groups in total. The molecular weight excluding hydrogens is 456 g/mol. The molecule has 9 nitrogen and oxygen atoms in total. The first-order chi connectivity index (χ1) is 16.8. The van der Waals surface area contributed by atoms with Crippen LogP contribution in [0.2, 0.25) is 0 Å². The van der Waals surface area contributed by atoms with E-state index in [0.29, 0.717) is 34.4 Å². The average Bonchev–Trinajstić information content (AvgIpc) is 3.29. The third-order valence-corrected chi connectivity index (χ3v) is 6.77. The van der Waals surface area contributed by atoms with Crippen molar-refractivity contribution in [1.29, 1.82) is 0 Å². The number of rotatable bonds is 4. The summed E-state index contributed by atoms with van der Waals surface area (Å²) in [6, 6.07) is 7.53. The third-order valence-electron chi connectivity index (χ3n) is 6.77. The van der Waals surface area contributed by atoms with Crippen LogP contribution in [-0.4, -0.2) is 43.6 Å². The Morgan fingerprint density at radius 2 is 1.97 bits per heavy atom. The first kappa shape index (κ1) is 21.3. The van der Waals surface area contributed by atoms with Gasteiger partial charge in [-0.15, -0.1) is 0 Å². The van der Waals surface area contributed by atoms with Crippen LogP contribution in [0.25, 0.3) is 22.6 Å². The molecule has 176 valence electrons. The van der Waals surface area contributed by atoms with Gasteiger partial charge in [-0.05, 0) is 18.6 Å². The van der Waals surface area contributed by atoms with E-state index in [2.05, 4.69) is 25.4 Å². The van der Waals surface area contributed by atoms with Crippen LogP contribution in [0, 0.1) is 11.6 Å². The van der Waals surface area contributed by atoms with Crippen LogP contribution in [0.15, 0.2) is 36.5 Å². The van der Waals surface area contributed by atoms with Crippen LogP contribution in [-0.2, 0) is 21.5 Å². The molecule has 0 spiro atoms. The summed E-state index contributed by atoms with van der Waals surface area (Å²) < 4.78 is 30.0. The van der Waals surface area contributed by atoms with Crippen LogP contribution in [0.3, 0.4) is 0 Å². The minimum absolute atomic E-state index is 0.0186. The molecule has 0 aliphatic carbocycles. The molecule has 1 aromatic carbocycles. The highest BCUT2D eigenvalue weighted by molar-refractivity contribution is 6.14. The number of carbonyl (C=O) groups excluding carboxylic acids is 2. The van der Waals surface area contributed by atoms with E-state index in [4.69, 9.17) is 0 Å². The second-order valence-corrected chi connectivity index (χ2v) is 8.74. The molecule has 0 bridgehead atoms. The van der Waals surface area contributed by atoms with Gasteiger partial charge in [0.2, 0.25) is 11.8 Å². The summed E-state index contributed by atoms with van der Waals surface area (Å²) in [6.45, 7) is 1.90. The standard InChI is InChI=1S/C24H19F2N7O2/c1-3-24-9-16(34)28-19-17(24)22(32(2)23(24)35)30-20(29-19)18-14-8-13(25)10-27-21(14)33(31-18)11-12-6-4-5-7-15(12)26/h4-8,10H,3,9,11H2,1-2H3,(H,28,29,30,34)/t24-/m1/s1. The van der Waals surface area contributed by atoms with Gasteiger partial charge in [-0.1, -0.05) is 25.1 Å². The normalized spacial score (nSPS) is 18.8. The van der Waals surface area contributed by atoms with Gasteiger partial charge in [0.15, 0.2) is 11.5 Å². The number of fused-ring (bicyclic) bond motifs is 1. The summed E-state index contributed by atoms with van der Waals surface area (Å²) in [5.74, 6) is -0.826. The predicted molar refractivity (Wildman–Crippen MR) is 123 cm³/mol. The van der Waals surface area contributed by atoms with Crippen LogP contribution in [0.1, 0.15) is 30.9 Å². The Kier molecular flexibility index (Phi) is 4.47. The van der Waals surface area contributed by atoms with E-state index >= 15 is 0 Å². The fourth-order valence-corrected chi connectivity index (χ4v) is 5.02. The van der Waals surface area contributed by atoms with E-state index < -0.39 is 17.0 Å². The molecule has 0 unspecified atom stereocenters. The van der Waals surface area contributed by atoms with Crippen LogP contribution < -0.4 is 10.2 Å². The number of pyridine rings is 1. The van der Waals surface area contributed by atoms with Crippen molar-refractivity contribution in [3.8, 4) is 11.5 Å². The largest absolute Gasteiger partial charge is 0.310 e. The van der Waals surface area contributed by atoms with Gasteiger partial charge in [0.05, 0.1) is 29.1 Å². The lowest BCUT2D eigenvalue weighted by atomic mass is 9.75. The maximum absolute atomic E-state index is 14.3. The van der Waals surface area contributed by atoms with Crippen LogP contribution >= 0.6 is 0 Å². The molecule has 1 atom stereocenters. The Bertz CT molecular complexity index is 1570. The molecule has 0 saturated carbocycles. The summed E-state index contributed by atoms with van der Waals surface area (Å²) in [5, 5.41) is 7.63. The quantitative estimate of drug-likeness (QED) is 0.486. The highest BCUT2D eigenvalue weighted by atomic mass is 19.1. The molecular formula is C24H19F2N7O2. The van der Waals surface area contributed by atoms with Crippen molar-refractivity contribution >= 4 is 34.5 Å². The van der Waals surface area contributed by atoms with Crippen molar-refractivity contribution in [1.82, 2.24) is 24.7 Å². The minimum Gasteiger partial charge on any atom is -0.310 e. The Labute approximate surface area is 197 Å². The average molecular weight is 475 g/mol. The number of nitrogens with one attached hydrogen (secondary N) is 1. The van der Waals surface area contributed by atoms with Crippen molar-refractivity contribution in [3.63, 3.8) is 0 Å². The molecule has 11 heteroatoms. The maximum Gasteiger partial charge on any atom is 0.239 e. The van der Waals surface area contributed by atoms with Gasteiger partial charge in [-0.3, -0.25) is 14.5 Å². The fourth-order valence-electron chi connectivity index (χ4n) is 5.02. The zero-order valence-electron chi connectivity index (χ0n) is 18.8. The lowest BCUT2D eigenvalue weighted by Gasteiger charge is -2.30. The lowest BCUT2D eigenvalue weighted by Crippen LogP contribution is -2.43. The van der Waals surface area contributed by atoms with E-state index in [1.807, 2.05) is 6.92 Å². The Morgan fingerprint density at radius 1 is 1.17 bits per heavy atom. The van der Waals surface area contributed by atoms with Crippen molar-refractivity contribution in [2.24, 2.45) is 0 Å². The molecule has 3 aromatic heterocycles. The highest BCUT2D eigenvalue weighted by Gasteiger charge is 2.55. The van der Waals surface area contributed by atoms with Gasteiger partial charge in [0.25, 0.3) is 0 Å². The number of anilines is 2. The number of nitrogens with zero attached hydrogens (tertiary/aromatic N) is 6. The summed E-state index contributed by atoms with van der Waals surface area (Å²) in [7, 11) is 1.60. The number of hydrogen-bond acceptors (Lipinski definition) is 6. The summed E-state index contributed by atoms with van der Waals surface area (Å²) in [4.78, 5) is 40.5. The molecule has 5 heterocycles. The smallest absolute Gasteiger partial charge is 0.239 e. The molecule has 0 fully saturated rings. The number of aromatic nitrogens is 5. The monoisotopic (exact) mass is 475 g/mol. The Hall–Kier alpha value is -4.28. The second-order valence-electron chi connectivity index (χ2n) is 8.74. The third kappa shape index (κ3) is 2.97. The molecule has 0 radical (unpaired) electrons. The van der Waals surface area contributed by atoms with E-state index in [0.717, 1.165) is 6.20 Å². The highest BCUT2D eigenvalue weighted by Crippen LogP contribution is 2.50. The van der Waals surface area contributed by atoms with Gasteiger partial charge >= 0.3 is 0 Å². The SMILES string of the molecule is CC[C@@]12CC(=O)Nc3nc(-c4nn(Cc5ccccc5F)c5ncc(F)cc45)nc(c31)N(C)C2=O. The number of hydrogen-bond donors (Lipinski definition) is 1. The number of amides is 2. The van der Waals surface area contributed by atoms with Gasteiger partial charge in [-0.25, -0.2) is 28.4 Å². The van der Waals surface area contributed by atoms with Crippen molar-refractivity contribution in [2.45, 2.75) is 31.7 Å². The summed E-state index contributed by atoms with van der Waals surface area (Å²) in [6.07, 6.45) is 1.49. The number of likely N-dealkylation sites (N-methyl/N-ethyl adjacent to an activating group) is 1. The molecule has 35 heavy (non-hydrogen) atoms. The number of halogens is 2. The second kappa shape index (κ2) is 7.36. The van der Waals surface area contributed by atoms with Gasteiger partial charge in [0, 0.05) is 19.0 Å². The predicted octanol–water partition coefficient (Wildman–Crippen LogP) is 3.18. The summed E-state index contributed by atoms with van der Waals surface area (Å²) >= 11 is 0. The zero-order chi connectivity index (χ0) is 24.5. The van der Waals surface area contributed by atoms with Gasteiger partial charge in [0.1, 0.15) is 29.0 Å². The maximum atomic E-state index is 14.3. The number of benzene rings is 1. The van der Waals surface area contributed by atoms with E-state index in [-0.39, 0.29) is 42.1 Å². The Morgan fingerprint density at radius 3 is 2.74 bits per heavy atom. The van der Waals surface area contributed by atoms with Gasteiger partial charge in [-0.2, -0.15) is 5.10 Å². The van der Waals surface area contributed by atoms with Crippen molar-refractivity contribution in [2.75, 3.05) is 17.3 Å². The fraction of sp³-hybridized carbons (Fsp3) is 0.250. The summed E-state index contributed by atoms with van der Waals surface area (Å²) in [5.41, 5.74) is 0.469. The number of carbonyl (C=O) groups is 2. The topological polar surface area (TPSA) is 106 Å². The first-order valence-corrected chi connectivity index (χ1v) is 11.1. The molecule has 0 saturated heterocycles. The minimum atomic E-state index is -1.01. The van der Waals surface area contributed by atoms with E-state index in [9.17, 15) is 18.4 Å². The van der Waals surface area contributed by atoms with Crippen LogP contribution in [0.4, 0.5) is 20.4 Å². The molecule has 4 aromatic rings. The van der Waals surface area contributed by atoms with Gasteiger partial charge < -0.3 is 5.32 Å². The van der Waals surface area contributed by atoms with E-state index in [1.165, 1.54) is 21.7 Å². The molecule has 2 amide bonds. The Balaban J connectivity index is 1.57. The van der Waals surface area contributed by atoms with Crippen LogP contribution in [0.5, 0.6) is 0 Å². The molecule has 2 aliphatic heterocycles. The van der Waals surface area contributed by atoms with Crippen molar-refractivity contribution in [3.05, 3.63) is 59.3 Å². The first-order valence-electron chi connectivity index (χ1n) is 11.1. The van der Waals surface area contributed by atoms with Crippen molar-refractivity contribution < 1.29 is 18.4 Å². The molecule has 6 rings (SSSR count). The van der Waals surface area contributed by atoms with E-state index in [1.54, 1.807) is 25.2 Å². The molecule has 2 aliphatic rings. The lowest BCUT2D eigenvalue weighted by molar-refractivity contribution is -0.128. The zero-order valence-corrected chi connectivity index (χ0v) is 18.8.